The zero-order valence-corrected chi connectivity index (χ0v) is 14.0. The Hall–Kier alpha value is -2.74. The van der Waals surface area contributed by atoms with E-state index in [1.165, 1.54) is 6.07 Å². The maximum absolute atomic E-state index is 11.9. The summed E-state index contributed by atoms with van der Waals surface area (Å²) in [4.78, 5) is 14.7. The molecule has 0 atom stereocenters. The third-order valence-corrected chi connectivity index (χ3v) is 4.29. The van der Waals surface area contributed by atoms with Crippen LogP contribution in [0.15, 0.2) is 35.4 Å². The highest BCUT2D eigenvalue weighted by atomic mass is 35.5. The Morgan fingerprint density at radius 2 is 2.04 bits per heavy atom. The first-order valence-corrected chi connectivity index (χ1v) is 8.19. The molecule has 1 aromatic carbocycles. The van der Waals surface area contributed by atoms with Gasteiger partial charge in [0.05, 0.1) is 5.75 Å². The van der Waals surface area contributed by atoms with Gasteiger partial charge in [-0.2, -0.15) is 10.5 Å². The first-order chi connectivity index (χ1) is 11.5. The predicted molar refractivity (Wildman–Crippen MR) is 90.9 cm³/mol. The maximum Gasteiger partial charge on any atom is 0.289 e. The Morgan fingerprint density at radius 3 is 2.71 bits per heavy atom. The van der Waals surface area contributed by atoms with Crippen LogP contribution < -0.4 is 16.0 Å². The Balaban J connectivity index is 1.96. The van der Waals surface area contributed by atoms with Gasteiger partial charge in [-0.25, -0.2) is 4.98 Å². The molecule has 0 bridgehead atoms. The molecule has 0 aliphatic rings. The molecule has 2 rings (SSSR count). The van der Waals surface area contributed by atoms with Crippen molar-refractivity contribution < 1.29 is 9.78 Å². The highest BCUT2D eigenvalue weighted by molar-refractivity contribution is 7.99. The highest BCUT2D eigenvalue weighted by Crippen LogP contribution is 2.20. The number of amides is 1. The first kappa shape index (κ1) is 17.6. The van der Waals surface area contributed by atoms with E-state index in [0.29, 0.717) is 16.6 Å². The van der Waals surface area contributed by atoms with Gasteiger partial charge >= 0.3 is 0 Å². The van der Waals surface area contributed by atoms with Crippen molar-refractivity contribution in [3.63, 3.8) is 0 Å². The number of nitrogen functional groups attached to an aromatic ring is 1. The number of halogens is 1. The van der Waals surface area contributed by atoms with Crippen LogP contribution in [0.5, 0.6) is 0 Å². The Bertz CT molecular complexity index is 857. The lowest BCUT2D eigenvalue weighted by Gasteiger charge is -2.06. The standard InChI is InChI=1S/C16H12ClN5OS/c17-13-3-1-2-10(4-13)8-21-14(23)9-24-16-12(7-19)5-11(6-18)15(20)22-16/h1-5H,8-9H2,(H2,20,22)(H,21,23)/p+1. The fourth-order valence-electron chi connectivity index (χ4n) is 1.87. The molecule has 8 heteroatoms. The van der Waals surface area contributed by atoms with Crippen LogP contribution in [0.1, 0.15) is 16.7 Å². The van der Waals surface area contributed by atoms with Gasteiger partial charge in [-0.15, -0.1) is 0 Å². The Labute approximate surface area is 148 Å². The van der Waals surface area contributed by atoms with Crippen LogP contribution >= 0.6 is 23.4 Å². The molecule has 120 valence electrons. The number of nitrogens with two attached hydrogens (primary N) is 1. The van der Waals surface area contributed by atoms with Crippen molar-refractivity contribution in [2.75, 3.05) is 11.5 Å². The number of pyridine rings is 1. The Morgan fingerprint density at radius 1 is 1.29 bits per heavy atom. The molecule has 4 N–H and O–H groups in total. The summed E-state index contributed by atoms with van der Waals surface area (Å²) in [6, 6.07) is 12.5. The van der Waals surface area contributed by atoms with E-state index in [1.54, 1.807) is 12.1 Å². The van der Waals surface area contributed by atoms with Crippen molar-refractivity contribution in [2.45, 2.75) is 11.6 Å². The number of benzene rings is 1. The molecular weight excluding hydrogens is 346 g/mol. The third kappa shape index (κ3) is 4.63. The summed E-state index contributed by atoms with van der Waals surface area (Å²) in [6.45, 7) is 0.365. The van der Waals surface area contributed by atoms with Gasteiger partial charge in [-0.05, 0) is 23.8 Å². The molecule has 0 unspecified atom stereocenters. The number of rotatable bonds is 5. The lowest BCUT2D eigenvalue weighted by Crippen LogP contribution is -2.25. The number of anilines is 1. The van der Waals surface area contributed by atoms with Gasteiger partial charge in [0.1, 0.15) is 23.3 Å². The predicted octanol–water partition coefficient (Wildman–Crippen LogP) is 1.89. The van der Waals surface area contributed by atoms with E-state index in [4.69, 9.17) is 27.9 Å². The van der Waals surface area contributed by atoms with Crippen LogP contribution in [0.4, 0.5) is 5.82 Å². The molecule has 24 heavy (non-hydrogen) atoms. The summed E-state index contributed by atoms with van der Waals surface area (Å²) in [5, 5.41) is 21.9. The number of thioether (sulfide) groups is 1. The minimum atomic E-state index is -0.194. The van der Waals surface area contributed by atoms with E-state index >= 15 is 0 Å². The zero-order valence-electron chi connectivity index (χ0n) is 12.5. The smallest absolute Gasteiger partial charge is 0.289 e. The van der Waals surface area contributed by atoms with Crippen molar-refractivity contribution in [3.05, 3.63) is 52.0 Å². The molecule has 1 aromatic heterocycles. The summed E-state index contributed by atoms with van der Waals surface area (Å²) >= 11 is 7.03. The molecule has 0 aliphatic heterocycles. The minimum absolute atomic E-state index is 0.108. The van der Waals surface area contributed by atoms with Crippen LogP contribution in [0.25, 0.3) is 0 Å². The van der Waals surface area contributed by atoms with Gasteiger partial charge in [0.15, 0.2) is 5.03 Å². The first-order valence-electron chi connectivity index (χ1n) is 6.83. The van der Waals surface area contributed by atoms with Crippen molar-refractivity contribution in [1.82, 2.24) is 5.32 Å². The van der Waals surface area contributed by atoms with Gasteiger partial charge in [0.25, 0.3) is 5.82 Å². The lowest BCUT2D eigenvalue weighted by atomic mass is 10.2. The van der Waals surface area contributed by atoms with Crippen LogP contribution in [0.2, 0.25) is 5.02 Å². The molecule has 6 nitrogen and oxygen atoms in total. The number of nitrogens with one attached hydrogen (secondary N) is 2. The van der Waals surface area contributed by atoms with Crippen molar-refractivity contribution in [2.24, 2.45) is 0 Å². The molecule has 1 amide bonds. The average Bonchev–Trinajstić information content (AvgIpc) is 2.58. The number of carbonyl (C=O) groups is 1. The zero-order chi connectivity index (χ0) is 17.5. The van der Waals surface area contributed by atoms with Gasteiger partial charge in [0.2, 0.25) is 5.91 Å². The molecule has 0 saturated carbocycles. The summed E-state index contributed by atoms with van der Waals surface area (Å²) in [5.74, 6) is 0.0791. The second-order valence-electron chi connectivity index (χ2n) is 4.76. The van der Waals surface area contributed by atoms with Gasteiger partial charge < -0.3 is 5.32 Å². The quantitative estimate of drug-likeness (QED) is 0.791. The van der Waals surface area contributed by atoms with Crippen LogP contribution in [-0.2, 0) is 11.3 Å². The maximum atomic E-state index is 11.9. The molecule has 0 aliphatic carbocycles. The second kappa shape index (κ2) is 8.21. The number of H-pyrrole nitrogens is 1. The van der Waals surface area contributed by atoms with Gasteiger partial charge in [-0.1, -0.05) is 35.5 Å². The number of nitrogens with zero attached hydrogens (tertiary/aromatic N) is 2. The fraction of sp³-hybridized carbons (Fsp3) is 0.125. The minimum Gasteiger partial charge on any atom is -0.351 e. The molecule has 0 radical (unpaired) electrons. The topological polar surface area (TPSA) is 117 Å². The average molecular weight is 359 g/mol. The number of aromatic nitrogens is 1. The van der Waals surface area contributed by atoms with Gasteiger partial charge in [0, 0.05) is 11.6 Å². The van der Waals surface area contributed by atoms with E-state index in [-0.39, 0.29) is 28.6 Å². The third-order valence-electron chi connectivity index (χ3n) is 3.04. The summed E-state index contributed by atoms with van der Waals surface area (Å²) in [5.41, 5.74) is 7.06. The lowest BCUT2D eigenvalue weighted by molar-refractivity contribution is -0.410. The number of hydrogen-bond acceptors (Lipinski definition) is 5. The second-order valence-corrected chi connectivity index (χ2v) is 6.18. The number of carbonyl (C=O) groups excluding carboxylic acids is 1. The monoisotopic (exact) mass is 358 g/mol. The van der Waals surface area contributed by atoms with Crippen LogP contribution in [-0.4, -0.2) is 11.7 Å². The molecule has 0 saturated heterocycles. The van der Waals surface area contributed by atoms with E-state index in [2.05, 4.69) is 10.3 Å². The molecule has 1 heterocycles. The number of hydrogen-bond donors (Lipinski definition) is 2. The number of nitriles is 2. The molecule has 2 aromatic rings. The molecule has 0 spiro atoms. The SMILES string of the molecule is N#Cc1cc(C#N)c(SCC(=O)NCc2cccc(Cl)c2)[nH+]c1N. The summed E-state index contributed by atoms with van der Waals surface area (Å²) in [6.07, 6.45) is 0. The van der Waals surface area contributed by atoms with Crippen LogP contribution in [0, 0.1) is 22.7 Å². The van der Waals surface area contributed by atoms with Crippen molar-refractivity contribution in [1.29, 1.82) is 10.5 Å². The highest BCUT2D eigenvalue weighted by Gasteiger charge is 2.15. The largest absolute Gasteiger partial charge is 0.351 e. The number of aromatic amines is 1. The normalized spacial score (nSPS) is 9.79. The summed E-state index contributed by atoms with van der Waals surface area (Å²) < 4.78 is 0. The van der Waals surface area contributed by atoms with Crippen molar-refractivity contribution in [3.8, 4) is 12.1 Å². The van der Waals surface area contributed by atoms with E-state index in [0.717, 1.165) is 17.3 Å². The van der Waals surface area contributed by atoms with E-state index in [9.17, 15) is 4.79 Å². The Kier molecular flexibility index (Phi) is 6.02. The summed E-state index contributed by atoms with van der Waals surface area (Å²) in [7, 11) is 0. The molecule has 0 fully saturated rings. The van der Waals surface area contributed by atoms with Crippen molar-refractivity contribution >= 4 is 35.1 Å². The van der Waals surface area contributed by atoms with Crippen LogP contribution in [0.3, 0.4) is 0 Å². The molecular formula is C16H13ClN5OS+. The van der Waals surface area contributed by atoms with E-state index in [1.807, 2.05) is 24.3 Å². The van der Waals surface area contributed by atoms with E-state index < -0.39 is 0 Å². The fourth-order valence-corrected chi connectivity index (χ4v) is 2.90. The van der Waals surface area contributed by atoms with Gasteiger partial charge in [-0.3, -0.25) is 10.5 Å².